The summed E-state index contributed by atoms with van der Waals surface area (Å²) in [5.74, 6) is 1.72. The molecule has 66 heavy (non-hydrogen) atoms. The summed E-state index contributed by atoms with van der Waals surface area (Å²) in [5, 5.41) is 3.92. The van der Waals surface area contributed by atoms with E-state index in [1.165, 1.54) is 44.5 Å². The van der Waals surface area contributed by atoms with Gasteiger partial charge >= 0.3 is 0 Å². The first kappa shape index (κ1) is 37.4. The van der Waals surface area contributed by atoms with Gasteiger partial charge in [-0.2, -0.15) is 0 Å². The standard InChI is InChI=1S/C61H43N3O2/c1-36-58(63-52-25-13-12-24-51(52)62-36)44-31-32-53(57-43-19-7-14-26-54(43)66-59(44)57)64(37-28-30-42-39-16-4-8-20-45(39)60(2,3)49(42)34-37)38-29-33-56-50(35-38)61(48-23-11-15-27-55(48)65-56)46-21-9-5-17-40(46)41-18-6-10-22-47(41)61/h4-36,58H,1-3H3. The van der Waals surface area contributed by atoms with Gasteiger partial charge in [0.1, 0.15) is 28.7 Å². The van der Waals surface area contributed by atoms with Crippen molar-refractivity contribution in [1.29, 1.82) is 0 Å². The van der Waals surface area contributed by atoms with Gasteiger partial charge in [-0.1, -0.05) is 147 Å². The summed E-state index contributed by atoms with van der Waals surface area (Å²) < 4.78 is 14.0. The highest BCUT2D eigenvalue weighted by Crippen LogP contribution is 2.63. The van der Waals surface area contributed by atoms with Gasteiger partial charge in [0.05, 0.1) is 33.2 Å². The first-order valence-electron chi connectivity index (χ1n) is 23.0. The van der Waals surface area contributed by atoms with Gasteiger partial charge < -0.3 is 14.1 Å². The van der Waals surface area contributed by atoms with Crippen LogP contribution in [0.25, 0.3) is 44.2 Å². The molecule has 0 saturated carbocycles. The molecule has 2 aliphatic heterocycles. The van der Waals surface area contributed by atoms with Gasteiger partial charge in [0, 0.05) is 38.9 Å². The SMILES string of the molecule is CC1N=c2ccccc2=NC1c1ccc(N(c2ccc3c(c2)C(C)(C)c2ccccc2-3)c2ccc3c(c2)C2(c4ccccc4O3)c3ccccc3-c3ccccc32)c2c1oc1ccccc12. The van der Waals surface area contributed by atoms with Crippen LogP contribution >= 0.6 is 0 Å². The van der Waals surface area contributed by atoms with Crippen molar-refractivity contribution in [2.24, 2.45) is 9.98 Å². The van der Waals surface area contributed by atoms with Crippen LogP contribution in [0.2, 0.25) is 0 Å². The highest BCUT2D eigenvalue weighted by Gasteiger charge is 2.51. The topological polar surface area (TPSA) is 50.3 Å². The fourth-order valence-corrected chi connectivity index (χ4v) is 12.1. The molecule has 0 N–H and O–H groups in total. The molecule has 2 atom stereocenters. The van der Waals surface area contributed by atoms with Crippen LogP contribution < -0.4 is 20.4 Å². The normalized spacial score (nSPS) is 17.3. The molecule has 3 heterocycles. The minimum atomic E-state index is -0.624. The van der Waals surface area contributed by atoms with E-state index in [9.17, 15) is 0 Å². The minimum absolute atomic E-state index is 0.0873. The van der Waals surface area contributed by atoms with Crippen molar-refractivity contribution in [1.82, 2.24) is 0 Å². The number of furan rings is 1. The van der Waals surface area contributed by atoms with Gasteiger partial charge in [0.25, 0.3) is 0 Å². The third-order valence-electron chi connectivity index (χ3n) is 15.0. The van der Waals surface area contributed by atoms with Crippen molar-refractivity contribution in [3.05, 3.63) is 244 Å². The number of para-hydroxylation sites is 4. The molecule has 0 saturated heterocycles. The predicted molar refractivity (Wildman–Crippen MR) is 264 cm³/mol. The molecule has 1 aromatic heterocycles. The second-order valence-electron chi connectivity index (χ2n) is 18.8. The number of rotatable bonds is 4. The monoisotopic (exact) mass is 849 g/mol. The molecular weight excluding hydrogens is 807 g/mol. The Morgan fingerprint density at radius 1 is 0.485 bits per heavy atom. The van der Waals surface area contributed by atoms with E-state index in [0.717, 1.165) is 77.9 Å². The zero-order valence-electron chi connectivity index (χ0n) is 36.8. The Balaban J connectivity index is 1.06. The summed E-state index contributed by atoms with van der Waals surface area (Å²) in [6.45, 7) is 6.87. The number of fused-ring (bicyclic) bond motifs is 16. The van der Waals surface area contributed by atoms with Crippen LogP contribution in [0, 0.1) is 0 Å². The Morgan fingerprint density at radius 3 is 1.80 bits per heavy atom. The van der Waals surface area contributed by atoms with E-state index in [0.29, 0.717) is 0 Å². The van der Waals surface area contributed by atoms with E-state index in [-0.39, 0.29) is 17.5 Å². The Kier molecular flexibility index (Phi) is 7.65. The van der Waals surface area contributed by atoms with Crippen LogP contribution in [-0.4, -0.2) is 6.04 Å². The van der Waals surface area contributed by atoms with E-state index in [4.69, 9.17) is 19.1 Å². The first-order chi connectivity index (χ1) is 32.4. The van der Waals surface area contributed by atoms with Crippen LogP contribution in [0.5, 0.6) is 11.5 Å². The Hall–Kier alpha value is -8.02. The van der Waals surface area contributed by atoms with Gasteiger partial charge in [-0.25, -0.2) is 0 Å². The lowest BCUT2D eigenvalue weighted by Crippen LogP contribution is -2.34. The third-order valence-corrected chi connectivity index (χ3v) is 15.0. The maximum Gasteiger partial charge on any atom is 0.142 e. The average Bonchev–Trinajstić information content (AvgIpc) is 3.96. The number of ether oxygens (including phenoxy) is 1. The van der Waals surface area contributed by atoms with Crippen molar-refractivity contribution in [2.75, 3.05) is 4.90 Å². The fraction of sp³-hybridized carbons (Fsp3) is 0.115. The number of nitrogens with zero attached hydrogens (tertiary/aromatic N) is 3. The highest BCUT2D eigenvalue weighted by molar-refractivity contribution is 6.14. The molecular formula is C61H43N3O2. The van der Waals surface area contributed by atoms with Gasteiger partial charge in [0.2, 0.25) is 0 Å². The summed E-state index contributed by atoms with van der Waals surface area (Å²) in [5.41, 5.74) is 17.4. The Morgan fingerprint density at radius 2 is 1.05 bits per heavy atom. The van der Waals surface area contributed by atoms with E-state index in [2.05, 4.69) is 208 Å². The van der Waals surface area contributed by atoms with E-state index >= 15 is 0 Å². The molecule has 4 aliphatic rings. The van der Waals surface area contributed by atoms with Gasteiger partial charge in [0.15, 0.2) is 0 Å². The molecule has 5 nitrogen and oxygen atoms in total. The molecule has 5 heteroatoms. The largest absolute Gasteiger partial charge is 0.457 e. The zero-order valence-corrected chi connectivity index (χ0v) is 36.8. The minimum Gasteiger partial charge on any atom is -0.457 e. The molecule has 1 spiro atoms. The Labute approximate surface area is 382 Å². The van der Waals surface area contributed by atoms with Crippen LogP contribution in [0.1, 0.15) is 65.8 Å². The summed E-state index contributed by atoms with van der Waals surface area (Å²) in [7, 11) is 0. The van der Waals surface area contributed by atoms with Crippen molar-refractivity contribution in [3.8, 4) is 33.8 Å². The van der Waals surface area contributed by atoms with Crippen LogP contribution in [0.4, 0.5) is 17.1 Å². The maximum absolute atomic E-state index is 7.02. The van der Waals surface area contributed by atoms with Crippen LogP contribution in [0.15, 0.2) is 209 Å². The molecule has 9 aromatic carbocycles. The molecule has 2 aliphatic carbocycles. The lowest BCUT2D eigenvalue weighted by atomic mass is 9.66. The van der Waals surface area contributed by atoms with E-state index < -0.39 is 5.41 Å². The lowest BCUT2D eigenvalue weighted by Gasteiger charge is -2.40. The summed E-state index contributed by atoms with van der Waals surface area (Å²) in [6, 6.07) is 70.0. The number of benzene rings is 9. The number of hydrogen-bond donors (Lipinski definition) is 0. The van der Waals surface area contributed by atoms with E-state index in [1.807, 2.05) is 12.1 Å². The van der Waals surface area contributed by atoms with Gasteiger partial charge in [-0.3, -0.25) is 9.98 Å². The van der Waals surface area contributed by atoms with Crippen LogP contribution in [0.3, 0.4) is 0 Å². The lowest BCUT2D eigenvalue weighted by molar-refractivity contribution is 0.436. The molecule has 0 bridgehead atoms. The zero-order chi connectivity index (χ0) is 43.9. The van der Waals surface area contributed by atoms with Crippen molar-refractivity contribution >= 4 is 39.0 Å². The van der Waals surface area contributed by atoms with Gasteiger partial charge in [-0.15, -0.1) is 0 Å². The Bertz CT molecular complexity index is 3800. The van der Waals surface area contributed by atoms with E-state index in [1.54, 1.807) is 0 Å². The highest BCUT2D eigenvalue weighted by atomic mass is 16.5. The average molecular weight is 850 g/mol. The summed E-state index contributed by atoms with van der Waals surface area (Å²) in [4.78, 5) is 12.9. The van der Waals surface area contributed by atoms with Crippen LogP contribution in [-0.2, 0) is 10.8 Å². The first-order valence-corrected chi connectivity index (χ1v) is 23.0. The molecule has 10 aromatic rings. The molecule has 0 fully saturated rings. The summed E-state index contributed by atoms with van der Waals surface area (Å²) >= 11 is 0. The molecule has 314 valence electrons. The predicted octanol–water partition coefficient (Wildman–Crippen LogP) is 14.2. The van der Waals surface area contributed by atoms with Crippen molar-refractivity contribution in [3.63, 3.8) is 0 Å². The number of hydrogen-bond acceptors (Lipinski definition) is 5. The third kappa shape index (κ3) is 4.95. The van der Waals surface area contributed by atoms with Gasteiger partial charge in [-0.05, 0) is 112 Å². The van der Waals surface area contributed by atoms with Crippen molar-refractivity contribution in [2.45, 2.75) is 43.7 Å². The molecule has 0 radical (unpaired) electrons. The quantitative estimate of drug-likeness (QED) is 0.177. The smallest absolute Gasteiger partial charge is 0.142 e. The fourth-order valence-electron chi connectivity index (χ4n) is 12.1. The number of anilines is 3. The molecule has 0 amide bonds. The molecule has 2 unspecified atom stereocenters. The summed E-state index contributed by atoms with van der Waals surface area (Å²) in [6.07, 6.45) is 0. The maximum atomic E-state index is 7.02. The molecule has 14 rings (SSSR count). The second-order valence-corrected chi connectivity index (χ2v) is 18.8. The van der Waals surface area contributed by atoms with Crippen molar-refractivity contribution < 1.29 is 9.15 Å². The second kappa shape index (κ2) is 13.5.